The third-order valence-electron chi connectivity index (χ3n) is 2.32. The minimum atomic E-state index is -3.05. The number of rotatable bonds is 7. The number of carboxylic acids is 1. The Morgan fingerprint density at radius 1 is 1.33 bits per heavy atom. The fraction of sp³-hybridized carbons (Fsp3) is 0.900. The van der Waals surface area contributed by atoms with Crippen LogP contribution in [0, 0.1) is 11.8 Å². The van der Waals surface area contributed by atoms with E-state index in [2.05, 4.69) is 0 Å². The van der Waals surface area contributed by atoms with Crippen molar-refractivity contribution in [2.45, 2.75) is 33.6 Å². The maximum atomic E-state index is 11.2. The van der Waals surface area contributed by atoms with E-state index in [0.29, 0.717) is 6.42 Å². The first kappa shape index (κ1) is 14.4. The summed E-state index contributed by atoms with van der Waals surface area (Å²) in [6, 6.07) is 0. The van der Waals surface area contributed by atoms with Gasteiger partial charge in [-0.05, 0) is 18.8 Å². The quantitative estimate of drug-likeness (QED) is 0.728. The van der Waals surface area contributed by atoms with Crippen molar-refractivity contribution < 1.29 is 18.3 Å². The van der Waals surface area contributed by atoms with Gasteiger partial charge in [0, 0.05) is 5.75 Å². The van der Waals surface area contributed by atoms with Crippen LogP contribution in [0.15, 0.2) is 0 Å². The van der Waals surface area contributed by atoms with Gasteiger partial charge in [0.2, 0.25) is 0 Å². The average Bonchev–Trinajstić information content (AvgIpc) is 2.11. The molecule has 0 fully saturated rings. The van der Waals surface area contributed by atoms with Crippen molar-refractivity contribution in [3.63, 3.8) is 0 Å². The van der Waals surface area contributed by atoms with Crippen molar-refractivity contribution in [2.24, 2.45) is 11.8 Å². The zero-order chi connectivity index (χ0) is 12.1. The van der Waals surface area contributed by atoms with Crippen LogP contribution in [-0.2, 0) is 14.6 Å². The molecule has 1 N–H and O–H groups in total. The number of aliphatic carboxylic acids is 1. The van der Waals surface area contributed by atoms with Gasteiger partial charge in [0.25, 0.3) is 0 Å². The van der Waals surface area contributed by atoms with Crippen LogP contribution in [0.4, 0.5) is 0 Å². The molecule has 0 aliphatic carbocycles. The van der Waals surface area contributed by atoms with Crippen LogP contribution in [-0.4, -0.2) is 31.0 Å². The summed E-state index contributed by atoms with van der Waals surface area (Å²) in [4.78, 5) is 10.8. The Morgan fingerprint density at radius 2 is 1.87 bits per heavy atom. The Labute approximate surface area is 91.6 Å². The van der Waals surface area contributed by atoms with Gasteiger partial charge < -0.3 is 5.11 Å². The van der Waals surface area contributed by atoms with E-state index in [9.17, 15) is 13.2 Å². The molecule has 0 aromatic heterocycles. The van der Waals surface area contributed by atoms with E-state index >= 15 is 0 Å². The molecule has 5 heteroatoms. The third kappa shape index (κ3) is 6.49. The predicted octanol–water partition coefficient (Wildman–Crippen LogP) is 1.56. The molecule has 1 atom stereocenters. The van der Waals surface area contributed by atoms with E-state index in [4.69, 9.17) is 5.11 Å². The second-order valence-corrected chi connectivity index (χ2v) is 6.66. The summed E-state index contributed by atoms with van der Waals surface area (Å²) < 4.78 is 22.4. The van der Waals surface area contributed by atoms with Crippen LogP contribution in [0.5, 0.6) is 0 Å². The fourth-order valence-electron chi connectivity index (χ4n) is 1.38. The summed E-state index contributed by atoms with van der Waals surface area (Å²) in [6.07, 6.45) is 0.762. The van der Waals surface area contributed by atoms with Gasteiger partial charge >= 0.3 is 5.97 Å². The highest BCUT2D eigenvalue weighted by atomic mass is 32.2. The minimum absolute atomic E-state index is 0.0206. The molecule has 15 heavy (non-hydrogen) atoms. The summed E-state index contributed by atoms with van der Waals surface area (Å²) in [6.45, 7) is 5.45. The smallest absolute Gasteiger partial charge is 0.306 e. The lowest BCUT2D eigenvalue weighted by Gasteiger charge is -2.14. The highest BCUT2D eigenvalue weighted by molar-refractivity contribution is 7.91. The SMILES string of the molecule is CCS(=O)(=O)CCC(CC(C)C)C(=O)O. The first-order valence-corrected chi connectivity index (χ1v) is 7.04. The van der Waals surface area contributed by atoms with Crippen LogP contribution < -0.4 is 0 Å². The molecular weight excluding hydrogens is 216 g/mol. The summed E-state index contributed by atoms with van der Waals surface area (Å²) in [7, 11) is -3.05. The summed E-state index contributed by atoms with van der Waals surface area (Å²) in [5.74, 6) is -1.09. The molecule has 0 aromatic rings. The van der Waals surface area contributed by atoms with Crippen molar-refractivity contribution in [2.75, 3.05) is 11.5 Å². The number of carbonyl (C=O) groups is 1. The molecule has 0 aliphatic heterocycles. The normalized spacial score (nSPS) is 14.1. The Bertz CT molecular complexity index is 293. The lowest BCUT2D eigenvalue weighted by atomic mass is 9.95. The van der Waals surface area contributed by atoms with Crippen LogP contribution >= 0.6 is 0 Å². The van der Waals surface area contributed by atoms with Crippen molar-refractivity contribution in [1.82, 2.24) is 0 Å². The molecule has 0 heterocycles. The molecule has 0 aromatic carbocycles. The number of hydrogen-bond acceptors (Lipinski definition) is 3. The van der Waals surface area contributed by atoms with Crippen LogP contribution in [0.25, 0.3) is 0 Å². The van der Waals surface area contributed by atoms with E-state index in [1.165, 1.54) is 0 Å². The Morgan fingerprint density at radius 3 is 2.20 bits per heavy atom. The fourth-order valence-corrected chi connectivity index (χ4v) is 2.31. The van der Waals surface area contributed by atoms with Gasteiger partial charge in [-0.25, -0.2) is 8.42 Å². The first-order valence-electron chi connectivity index (χ1n) is 5.21. The number of carboxylic acid groups (broad SMARTS) is 1. The molecule has 1 unspecified atom stereocenters. The van der Waals surface area contributed by atoms with Crippen LogP contribution in [0.3, 0.4) is 0 Å². The maximum Gasteiger partial charge on any atom is 0.306 e. The Kier molecular flexibility index (Phi) is 5.87. The second kappa shape index (κ2) is 6.10. The molecule has 0 spiro atoms. The zero-order valence-electron chi connectivity index (χ0n) is 9.56. The molecule has 0 bridgehead atoms. The van der Waals surface area contributed by atoms with Gasteiger partial charge in [0.05, 0.1) is 11.7 Å². The van der Waals surface area contributed by atoms with E-state index < -0.39 is 21.7 Å². The van der Waals surface area contributed by atoms with Crippen molar-refractivity contribution in [3.8, 4) is 0 Å². The van der Waals surface area contributed by atoms with Gasteiger partial charge in [0.1, 0.15) is 9.84 Å². The van der Waals surface area contributed by atoms with Gasteiger partial charge in [-0.2, -0.15) is 0 Å². The van der Waals surface area contributed by atoms with Gasteiger partial charge in [0.15, 0.2) is 0 Å². The summed E-state index contributed by atoms with van der Waals surface area (Å²) in [5, 5.41) is 8.90. The second-order valence-electron chi connectivity index (χ2n) is 4.19. The van der Waals surface area contributed by atoms with Gasteiger partial charge in [-0.15, -0.1) is 0 Å². The van der Waals surface area contributed by atoms with Gasteiger partial charge in [-0.3, -0.25) is 4.79 Å². The molecular formula is C10H20O4S. The number of sulfone groups is 1. The summed E-state index contributed by atoms with van der Waals surface area (Å²) in [5.41, 5.74) is 0. The van der Waals surface area contributed by atoms with E-state index in [1.807, 2.05) is 13.8 Å². The first-order chi connectivity index (χ1) is 6.78. The molecule has 0 amide bonds. The standard InChI is InChI=1S/C10H20O4S/c1-4-15(13,14)6-5-9(10(11)12)7-8(2)3/h8-9H,4-7H2,1-3H3,(H,11,12). The van der Waals surface area contributed by atoms with Crippen molar-refractivity contribution >= 4 is 15.8 Å². The third-order valence-corrected chi connectivity index (χ3v) is 4.06. The lowest BCUT2D eigenvalue weighted by Crippen LogP contribution is -2.20. The molecule has 0 aliphatic rings. The highest BCUT2D eigenvalue weighted by Crippen LogP contribution is 2.16. The minimum Gasteiger partial charge on any atom is -0.481 e. The van der Waals surface area contributed by atoms with Crippen molar-refractivity contribution in [3.05, 3.63) is 0 Å². The van der Waals surface area contributed by atoms with E-state index in [0.717, 1.165) is 0 Å². The average molecular weight is 236 g/mol. The molecule has 0 saturated heterocycles. The molecule has 0 rings (SSSR count). The van der Waals surface area contributed by atoms with Gasteiger partial charge in [-0.1, -0.05) is 20.8 Å². The molecule has 4 nitrogen and oxygen atoms in total. The summed E-state index contributed by atoms with van der Waals surface area (Å²) >= 11 is 0. The van der Waals surface area contributed by atoms with Crippen LogP contribution in [0.1, 0.15) is 33.6 Å². The topological polar surface area (TPSA) is 71.4 Å². The number of hydrogen-bond donors (Lipinski definition) is 1. The van der Waals surface area contributed by atoms with E-state index in [1.54, 1.807) is 6.92 Å². The van der Waals surface area contributed by atoms with Crippen molar-refractivity contribution in [1.29, 1.82) is 0 Å². The van der Waals surface area contributed by atoms with Crippen LogP contribution in [0.2, 0.25) is 0 Å². The Hall–Kier alpha value is -0.580. The largest absolute Gasteiger partial charge is 0.481 e. The zero-order valence-corrected chi connectivity index (χ0v) is 10.4. The Balaban J connectivity index is 4.26. The lowest BCUT2D eigenvalue weighted by molar-refractivity contribution is -0.142. The molecule has 0 radical (unpaired) electrons. The highest BCUT2D eigenvalue weighted by Gasteiger charge is 2.21. The van der Waals surface area contributed by atoms with E-state index in [-0.39, 0.29) is 23.8 Å². The molecule has 90 valence electrons. The molecule has 0 saturated carbocycles. The predicted molar refractivity (Wildman–Crippen MR) is 59.5 cm³/mol. The maximum absolute atomic E-state index is 11.2. The monoisotopic (exact) mass is 236 g/mol.